The number of aliphatic imine (C=N–C) groups is 2. The summed E-state index contributed by atoms with van der Waals surface area (Å²) in [5, 5.41) is 23.4. The zero-order valence-electron chi connectivity index (χ0n) is 21.6. The van der Waals surface area contributed by atoms with Crippen molar-refractivity contribution in [3.05, 3.63) is 168 Å². The third-order valence-electron chi connectivity index (χ3n) is 6.74. The summed E-state index contributed by atoms with van der Waals surface area (Å²) in [7, 11) is 0. The summed E-state index contributed by atoms with van der Waals surface area (Å²) in [6.07, 6.45) is 0. The number of hydrogen-bond acceptors (Lipinski definition) is 4. The van der Waals surface area contributed by atoms with Gasteiger partial charge in [0, 0.05) is 27.6 Å². The topological polar surface area (TPSA) is 65.2 Å². The number of hydrogen-bond donors (Lipinski definition) is 2. The molecule has 6 aromatic carbocycles. The summed E-state index contributed by atoms with van der Waals surface area (Å²) in [6.45, 7) is 0. The molecule has 0 unspecified atom stereocenters. The quantitative estimate of drug-likeness (QED) is 0.217. The maximum atomic E-state index is 10.8. The highest BCUT2D eigenvalue weighted by Gasteiger charge is 2.16. The molecule has 4 heteroatoms. The van der Waals surface area contributed by atoms with Crippen LogP contribution in [-0.4, -0.2) is 21.6 Å². The maximum absolute atomic E-state index is 10.8. The highest BCUT2D eigenvalue weighted by molar-refractivity contribution is 6.19. The van der Waals surface area contributed by atoms with Crippen molar-refractivity contribution >= 4 is 33.6 Å². The van der Waals surface area contributed by atoms with Crippen LogP contribution < -0.4 is 0 Å². The molecule has 0 aliphatic carbocycles. The molecule has 0 saturated heterocycles. The predicted octanol–water partition coefficient (Wildman–Crippen LogP) is 8.59. The van der Waals surface area contributed by atoms with Crippen LogP contribution in [0.25, 0.3) is 10.8 Å². The van der Waals surface area contributed by atoms with Gasteiger partial charge in [0.05, 0.1) is 22.8 Å². The molecule has 0 aliphatic rings. The van der Waals surface area contributed by atoms with Gasteiger partial charge < -0.3 is 10.2 Å². The van der Waals surface area contributed by atoms with Crippen LogP contribution >= 0.6 is 0 Å². The summed E-state index contributed by atoms with van der Waals surface area (Å²) >= 11 is 0. The minimum absolute atomic E-state index is 0.162. The van der Waals surface area contributed by atoms with Crippen molar-refractivity contribution in [2.24, 2.45) is 9.98 Å². The third-order valence-corrected chi connectivity index (χ3v) is 6.74. The average Bonchev–Trinajstić information content (AvgIpc) is 3.00. The van der Waals surface area contributed by atoms with Gasteiger partial charge in [-0.25, -0.2) is 9.98 Å². The molecule has 0 bridgehead atoms. The Morgan fingerprint density at radius 1 is 0.400 bits per heavy atom. The van der Waals surface area contributed by atoms with Crippen LogP contribution in [0.1, 0.15) is 22.3 Å². The molecule has 0 atom stereocenters. The molecule has 4 nitrogen and oxygen atoms in total. The second kappa shape index (κ2) is 11.1. The molecule has 0 aromatic heterocycles. The smallest absolute Gasteiger partial charge is 0.124 e. The van der Waals surface area contributed by atoms with Crippen LogP contribution in [0.15, 0.2) is 156 Å². The van der Waals surface area contributed by atoms with E-state index in [1.54, 1.807) is 24.3 Å². The van der Waals surface area contributed by atoms with Gasteiger partial charge in [0.1, 0.15) is 11.5 Å². The Hall–Kier alpha value is -5.48. The van der Waals surface area contributed by atoms with Crippen molar-refractivity contribution in [3.63, 3.8) is 0 Å². The lowest BCUT2D eigenvalue weighted by molar-refractivity contribution is 0.473. The highest BCUT2D eigenvalue weighted by atomic mass is 16.3. The lowest BCUT2D eigenvalue weighted by atomic mass is 9.99. The van der Waals surface area contributed by atoms with Crippen LogP contribution in [-0.2, 0) is 0 Å². The van der Waals surface area contributed by atoms with Gasteiger partial charge in [0.2, 0.25) is 0 Å². The van der Waals surface area contributed by atoms with E-state index in [4.69, 9.17) is 9.98 Å². The van der Waals surface area contributed by atoms with E-state index in [0.717, 1.165) is 33.3 Å². The van der Waals surface area contributed by atoms with Crippen LogP contribution in [0.2, 0.25) is 0 Å². The standard InChI is InChI=1S/C36H26N2O2/c39-32-23-9-7-19-28(32)35(26-13-3-1-4-14-26)37-30-21-11-17-25-18-12-22-31(34(25)30)38-36(27-15-5-2-6-16-27)29-20-8-10-24-33(29)40/h1-24,39-40H. The fourth-order valence-electron chi connectivity index (χ4n) is 4.83. The highest BCUT2D eigenvalue weighted by Crippen LogP contribution is 2.37. The maximum Gasteiger partial charge on any atom is 0.124 e. The SMILES string of the molecule is Oc1ccccc1C(=Nc1cccc2cccc(N=C(c3ccccc3)c3ccccc3O)c12)c1ccccc1. The van der Waals surface area contributed by atoms with Crippen molar-refractivity contribution in [1.29, 1.82) is 0 Å². The van der Waals surface area contributed by atoms with Gasteiger partial charge in [-0.2, -0.15) is 0 Å². The van der Waals surface area contributed by atoms with Crippen molar-refractivity contribution in [1.82, 2.24) is 0 Å². The minimum Gasteiger partial charge on any atom is -0.507 e. The Bertz CT molecular complexity index is 1730. The number of fused-ring (bicyclic) bond motifs is 1. The predicted molar refractivity (Wildman–Crippen MR) is 164 cm³/mol. The summed E-state index contributed by atoms with van der Waals surface area (Å²) in [6, 6.07) is 46.1. The first-order valence-corrected chi connectivity index (χ1v) is 13.1. The molecule has 0 spiro atoms. The summed E-state index contributed by atoms with van der Waals surface area (Å²) in [5.74, 6) is 0.323. The summed E-state index contributed by atoms with van der Waals surface area (Å²) in [4.78, 5) is 10.3. The van der Waals surface area contributed by atoms with Crippen LogP contribution in [0.3, 0.4) is 0 Å². The monoisotopic (exact) mass is 518 g/mol. The number of para-hydroxylation sites is 2. The van der Waals surface area contributed by atoms with E-state index in [9.17, 15) is 10.2 Å². The lowest BCUT2D eigenvalue weighted by Gasteiger charge is -2.13. The van der Waals surface area contributed by atoms with Gasteiger partial charge in [0.15, 0.2) is 0 Å². The number of benzene rings is 6. The van der Waals surface area contributed by atoms with Gasteiger partial charge in [-0.05, 0) is 41.8 Å². The molecule has 0 aliphatic heterocycles. The van der Waals surface area contributed by atoms with E-state index in [1.807, 2.05) is 121 Å². The zero-order chi connectivity index (χ0) is 27.3. The number of aromatic hydroxyl groups is 2. The minimum atomic E-state index is 0.162. The fourth-order valence-corrected chi connectivity index (χ4v) is 4.83. The molecule has 192 valence electrons. The molecule has 0 fully saturated rings. The second-order valence-corrected chi connectivity index (χ2v) is 9.34. The molecular weight excluding hydrogens is 492 g/mol. The lowest BCUT2D eigenvalue weighted by Crippen LogP contribution is -2.04. The van der Waals surface area contributed by atoms with Gasteiger partial charge >= 0.3 is 0 Å². The van der Waals surface area contributed by atoms with Crippen LogP contribution in [0, 0.1) is 0 Å². The number of phenolic OH excluding ortho intramolecular Hbond substituents is 2. The van der Waals surface area contributed by atoms with Crippen LogP contribution in [0.5, 0.6) is 11.5 Å². The molecule has 40 heavy (non-hydrogen) atoms. The number of rotatable bonds is 6. The van der Waals surface area contributed by atoms with Gasteiger partial charge in [0.25, 0.3) is 0 Å². The number of nitrogens with zero attached hydrogens (tertiary/aromatic N) is 2. The summed E-state index contributed by atoms with van der Waals surface area (Å²) < 4.78 is 0. The molecule has 6 rings (SSSR count). The molecule has 0 saturated carbocycles. The van der Waals surface area contributed by atoms with Crippen molar-refractivity contribution in [2.75, 3.05) is 0 Å². The first kappa shape index (κ1) is 24.8. The molecule has 6 aromatic rings. The van der Waals surface area contributed by atoms with Crippen molar-refractivity contribution in [2.45, 2.75) is 0 Å². The first-order chi connectivity index (χ1) is 19.7. The van der Waals surface area contributed by atoms with Gasteiger partial charge in [-0.1, -0.05) is 109 Å². The van der Waals surface area contributed by atoms with E-state index in [1.165, 1.54) is 0 Å². The van der Waals surface area contributed by atoms with Crippen molar-refractivity contribution < 1.29 is 10.2 Å². The molecule has 2 N–H and O–H groups in total. The largest absolute Gasteiger partial charge is 0.507 e. The molecular formula is C36H26N2O2. The normalized spacial score (nSPS) is 12.0. The fraction of sp³-hybridized carbons (Fsp3) is 0. The molecule has 0 amide bonds. The molecule has 0 heterocycles. The second-order valence-electron chi connectivity index (χ2n) is 9.34. The van der Waals surface area contributed by atoms with E-state index in [-0.39, 0.29) is 11.5 Å². The first-order valence-electron chi connectivity index (χ1n) is 13.1. The Kier molecular flexibility index (Phi) is 6.89. The summed E-state index contributed by atoms with van der Waals surface area (Å²) in [5.41, 5.74) is 5.84. The van der Waals surface area contributed by atoms with E-state index < -0.39 is 0 Å². The third kappa shape index (κ3) is 4.98. The Morgan fingerprint density at radius 3 is 1.23 bits per heavy atom. The Balaban J connectivity index is 1.62. The van der Waals surface area contributed by atoms with E-state index in [0.29, 0.717) is 22.6 Å². The van der Waals surface area contributed by atoms with Crippen molar-refractivity contribution in [3.8, 4) is 11.5 Å². The zero-order valence-corrected chi connectivity index (χ0v) is 21.6. The Labute approximate surface area is 232 Å². The Morgan fingerprint density at radius 2 is 0.800 bits per heavy atom. The van der Waals surface area contributed by atoms with E-state index in [2.05, 4.69) is 0 Å². The van der Waals surface area contributed by atoms with Gasteiger partial charge in [-0.3, -0.25) is 0 Å². The van der Waals surface area contributed by atoms with Crippen LogP contribution in [0.4, 0.5) is 11.4 Å². The van der Waals surface area contributed by atoms with E-state index >= 15 is 0 Å². The average molecular weight is 519 g/mol. The van der Waals surface area contributed by atoms with Gasteiger partial charge in [-0.15, -0.1) is 0 Å². The number of phenols is 2. The molecule has 0 radical (unpaired) electrons.